The fourth-order valence-electron chi connectivity index (χ4n) is 1.89. The summed E-state index contributed by atoms with van der Waals surface area (Å²) in [4.78, 5) is 0. The van der Waals surface area contributed by atoms with E-state index in [1.165, 1.54) is 6.42 Å². The van der Waals surface area contributed by atoms with Gasteiger partial charge in [-0.15, -0.1) is 0 Å². The van der Waals surface area contributed by atoms with Crippen LogP contribution in [-0.2, 0) is 0 Å². The van der Waals surface area contributed by atoms with Crippen LogP contribution in [0.25, 0.3) is 0 Å². The summed E-state index contributed by atoms with van der Waals surface area (Å²) < 4.78 is 0. The highest BCUT2D eigenvalue weighted by molar-refractivity contribution is 4.73. The lowest BCUT2D eigenvalue weighted by Crippen LogP contribution is -2.29. The molecule has 0 saturated heterocycles. The maximum absolute atomic E-state index is 5.77. The molecule has 0 aromatic carbocycles. The number of rotatable bonds is 5. The molecule has 0 aliphatic heterocycles. The highest BCUT2D eigenvalue weighted by atomic mass is 14.6. The summed E-state index contributed by atoms with van der Waals surface area (Å²) in [6.45, 7) is 12.3. The van der Waals surface area contributed by atoms with Crippen LogP contribution in [0.3, 0.4) is 0 Å². The Labute approximate surface area is 77.7 Å². The second kappa shape index (κ2) is 5.58. The molecule has 12 heavy (non-hydrogen) atoms. The number of hydrogen-bond donors (Lipinski definition) is 1. The summed E-state index contributed by atoms with van der Waals surface area (Å²) in [5, 5.41) is 0. The first kappa shape index (κ1) is 12.0. The summed E-state index contributed by atoms with van der Waals surface area (Å²) in [7, 11) is 0. The van der Waals surface area contributed by atoms with E-state index in [1.54, 1.807) is 0 Å². The standard InChI is InChI=1S/C11H25N/c1-6-9(4)10(5)11(7-12)8(2)3/h8-11H,6-7,12H2,1-5H3. The van der Waals surface area contributed by atoms with Gasteiger partial charge in [-0.05, 0) is 30.2 Å². The fraction of sp³-hybridized carbons (Fsp3) is 1.00. The molecule has 0 spiro atoms. The first-order chi connectivity index (χ1) is 5.54. The van der Waals surface area contributed by atoms with Crippen LogP contribution in [0.1, 0.15) is 41.0 Å². The van der Waals surface area contributed by atoms with Crippen LogP contribution in [0, 0.1) is 23.7 Å². The van der Waals surface area contributed by atoms with Crippen molar-refractivity contribution < 1.29 is 0 Å². The van der Waals surface area contributed by atoms with Gasteiger partial charge in [0.25, 0.3) is 0 Å². The zero-order chi connectivity index (χ0) is 9.72. The van der Waals surface area contributed by atoms with Gasteiger partial charge in [0.1, 0.15) is 0 Å². The van der Waals surface area contributed by atoms with Crippen LogP contribution in [0.4, 0.5) is 0 Å². The minimum Gasteiger partial charge on any atom is -0.330 e. The van der Waals surface area contributed by atoms with E-state index in [0.717, 1.165) is 24.3 Å². The number of hydrogen-bond acceptors (Lipinski definition) is 1. The SMILES string of the molecule is CCC(C)C(C)C(CN)C(C)C. The molecule has 1 heteroatoms. The summed E-state index contributed by atoms with van der Waals surface area (Å²) >= 11 is 0. The topological polar surface area (TPSA) is 26.0 Å². The van der Waals surface area contributed by atoms with Crippen LogP contribution in [-0.4, -0.2) is 6.54 Å². The Morgan fingerprint density at radius 3 is 1.83 bits per heavy atom. The van der Waals surface area contributed by atoms with E-state index in [9.17, 15) is 0 Å². The predicted molar refractivity (Wildman–Crippen MR) is 56.0 cm³/mol. The van der Waals surface area contributed by atoms with Crippen LogP contribution < -0.4 is 5.73 Å². The van der Waals surface area contributed by atoms with Crippen molar-refractivity contribution in [1.29, 1.82) is 0 Å². The van der Waals surface area contributed by atoms with E-state index in [0.29, 0.717) is 5.92 Å². The minimum absolute atomic E-state index is 0.694. The first-order valence-electron chi connectivity index (χ1n) is 5.24. The van der Waals surface area contributed by atoms with E-state index in [1.807, 2.05) is 0 Å². The smallest absolute Gasteiger partial charge is 0.00438 e. The van der Waals surface area contributed by atoms with Crippen LogP contribution in [0.15, 0.2) is 0 Å². The third-order valence-electron chi connectivity index (χ3n) is 3.35. The third kappa shape index (κ3) is 3.14. The van der Waals surface area contributed by atoms with Gasteiger partial charge in [0, 0.05) is 0 Å². The molecule has 0 fully saturated rings. The van der Waals surface area contributed by atoms with Crippen LogP contribution in [0.5, 0.6) is 0 Å². The highest BCUT2D eigenvalue weighted by Crippen LogP contribution is 2.27. The van der Waals surface area contributed by atoms with E-state index < -0.39 is 0 Å². The van der Waals surface area contributed by atoms with Gasteiger partial charge in [-0.3, -0.25) is 0 Å². The summed E-state index contributed by atoms with van der Waals surface area (Å²) in [5.41, 5.74) is 5.77. The Kier molecular flexibility index (Phi) is 5.56. The van der Waals surface area contributed by atoms with Crippen molar-refractivity contribution in [2.75, 3.05) is 6.54 Å². The van der Waals surface area contributed by atoms with Gasteiger partial charge >= 0.3 is 0 Å². The zero-order valence-electron chi connectivity index (χ0n) is 9.30. The Morgan fingerprint density at radius 2 is 1.58 bits per heavy atom. The molecule has 0 aliphatic carbocycles. The molecule has 0 aliphatic rings. The van der Waals surface area contributed by atoms with E-state index in [-0.39, 0.29) is 0 Å². The van der Waals surface area contributed by atoms with Crippen LogP contribution >= 0.6 is 0 Å². The van der Waals surface area contributed by atoms with Crippen molar-refractivity contribution in [3.63, 3.8) is 0 Å². The van der Waals surface area contributed by atoms with Gasteiger partial charge in [-0.2, -0.15) is 0 Å². The predicted octanol–water partition coefficient (Wildman–Crippen LogP) is 2.90. The molecule has 0 rings (SSSR count). The van der Waals surface area contributed by atoms with Gasteiger partial charge in [0.05, 0.1) is 0 Å². The molecule has 0 saturated carbocycles. The average molecular weight is 171 g/mol. The Hall–Kier alpha value is -0.0400. The minimum atomic E-state index is 0.694. The van der Waals surface area contributed by atoms with Gasteiger partial charge < -0.3 is 5.73 Å². The Morgan fingerprint density at radius 1 is 1.08 bits per heavy atom. The van der Waals surface area contributed by atoms with Gasteiger partial charge in [0.15, 0.2) is 0 Å². The molecule has 0 bridgehead atoms. The highest BCUT2D eigenvalue weighted by Gasteiger charge is 2.22. The lowest BCUT2D eigenvalue weighted by molar-refractivity contribution is 0.207. The van der Waals surface area contributed by atoms with Gasteiger partial charge in [-0.25, -0.2) is 0 Å². The largest absolute Gasteiger partial charge is 0.330 e. The lowest BCUT2D eigenvalue weighted by atomic mass is 9.77. The van der Waals surface area contributed by atoms with Gasteiger partial charge in [0.2, 0.25) is 0 Å². The molecule has 3 atom stereocenters. The van der Waals surface area contributed by atoms with E-state index in [4.69, 9.17) is 5.73 Å². The number of nitrogens with two attached hydrogens (primary N) is 1. The first-order valence-corrected chi connectivity index (χ1v) is 5.24. The van der Waals surface area contributed by atoms with Crippen molar-refractivity contribution in [3.8, 4) is 0 Å². The molecule has 74 valence electrons. The summed E-state index contributed by atoms with van der Waals surface area (Å²) in [5.74, 6) is 2.99. The quantitative estimate of drug-likeness (QED) is 0.676. The molecule has 0 amide bonds. The molecule has 0 aromatic rings. The molecule has 0 heterocycles. The molecule has 3 unspecified atom stereocenters. The zero-order valence-corrected chi connectivity index (χ0v) is 9.30. The summed E-state index contributed by atoms with van der Waals surface area (Å²) in [6, 6.07) is 0. The fourth-order valence-corrected chi connectivity index (χ4v) is 1.89. The van der Waals surface area contributed by atoms with Crippen molar-refractivity contribution in [2.24, 2.45) is 29.4 Å². The second-order valence-corrected chi connectivity index (χ2v) is 4.39. The normalized spacial score (nSPS) is 19.2. The van der Waals surface area contributed by atoms with Crippen molar-refractivity contribution in [3.05, 3.63) is 0 Å². The maximum atomic E-state index is 5.77. The van der Waals surface area contributed by atoms with Crippen molar-refractivity contribution >= 4 is 0 Å². The molecule has 1 nitrogen and oxygen atoms in total. The summed E-state index contributed by atoms with van der Waals surface area (Å²) in [6.07, 6.45) is 1.27. The third-order valence-corrected chi connectivity index (χ3v) is 3.35. The molecule has 0 aromatic heterocycles. The van der Waals surface area contributed by atoms with Crippen LogP contribution in [0.2, 0.25) is 0 Å². The molecular formula is C11H25N. The molecular weight excluding hydrogens is 146 g/mol. The van der Waals surface area contributed by atoms with E-state index in [2.05, 4.69) is 34.6 Å². The van der Waals surface area contributed by atoms with E-state index >= 15 is 0 Å². The van der Waals surface area contributed by atoms with Crippen molar-refractivity contribution in [1.82, 2.24) is 0 Å². The Balaban J connectivity index is 4.10. The average Bonchev–Trinajstić information content (AvgIpc) is 2.03. The van der Waals surface area contributed by atoms with Crippen molar-refractivity contribution in [2.45, 2.75) is 41.0 Å². The Bertz CT molecular complexity index is 110. The maximum Gasteiger partial charge on any atom is -0.00438 e. The molecule has 2 N–H and O–H groups in total. The second-order valence-electron chi connectivity index (χ2n) is 4.39. The lowest BCUT2D eigenvalue weighted by Gasteiger charge is -2.30. The van der Waals surface area contributed by atoms with Gasteiger partial charge in [-0.1, -0.05) is 41.0 Å². The monoisotopic (exact) mass is 171 g/mol. The molecule has 0 radical (unpaired) electrons.